The second-order valence-electron chi connectivity index (χ2n) is 5.12. The number of aryl methyl sites for hydroxylation is 1. The molecule has 2 rings (SSSR count). The summed E-state index contributed by atoms with van der Waals surface area (Å²) in [7, 11) is 0. The maximum atomic E-state index is 6.26. The van der Waals surface area contributed by atoms with E-state index >= 15 is 0 Å². The summed E-state index contributed by atoms with van der Waals surface area (Å²) in [4.78, 5) is 0. The third-order valence-electron chi connectivity index (χ3n) is 3.96. The number of rotatable bonds is 2. The van der Waals surface area contributed by atoms with Crippen molar-refractivity contribution in [2.24, 2.45) is 5.73 Å². The van der Waals surface area contributed by atoms with Crippen molar-refractivity contribution in [3.8, 4) is 0 Å². The zero-order valence-electron chi connectivity index (χ0n) is 10.5. The van der Waals surface area contributed by atoms with Crippen LogP contribution in [0.2, 0.25) is 0 Å². The number of benzene rings is 1. The Bertz CT molecular complexity index is 356. The first kappa shape index (κ1) is 11.7. The van der Waals surface area contributed by atoms with Crippen molar-refractivity contribution >= 4 is 0 Å². The van der Waals surface area contributed by atoms with Crippen LogP contribution < -0.4 is 5.73 Å². The van der Waals surface area contributed by atoms with Crippen LogP contribution >= 0.6 is 0 Å². The lowest BCUT2D eigenvalue weighted by Crippen LogP contribution is -2.11. The van der Waals surface area contributed by atoms with Crippen LogP contribution in [0.5, 0.6) is 0 Å². The number of fused-ring (bicyclic) bond motifs is 1. The molecule has 0 fully saturated rings. The quantitative estimate of drug-likeness (QED) is 0.746. The SMILES string of the molecule is CCC(C)c1ccc2c(c1)[C@@H](N)CCCC2. The second-order valence-corrected chi connectivity index (χ2v) is 5.12. The summed E-state index contributed by atoms with van der Waals surface area (Å²) < 4.78 is 0. The van der Waals surface area contributed by atoms with Crippen molar-refractivity contribution in [1.29, 1.82) is 0 Å². The molecule has 1 aliphatic rings. The molecule has 16 heavy (non-hydrogen) atoms. The van der Waals surface area contributed by atoms with Gasteiger partial charge in [0.25, 0.3) is 0 Å². The molecule has 0 aromatic heterocycles. The van der Waals surface area contributed by atoms with E-state index in [4.69, 9.17) is 5.73 Å². The minimum atomic E-state index is 0.265. The standard InChI is InChI=1S/C15H23N/c1-3-11(2)13-9-8-12-6-4-5-7-15(16)14(12)10-13/h8-11,15H,3-7,16H2,1-2H3/t11?,15-/m0/s1. The van der Waals surface area contributed by atoms with Crippen molar-refractivity contribution in [3.05, 3.63) is 34.9 Å². The van der Waals surface area contributed by atoms with E-state index in [1.54, 1.807) is 0 Å². The zero-order valence-corrected chi connectivity index (χ0v) is 10.5. The van der Waals surface area contributed by atoms with Crippen LogP contribution in [-0.2, 0) is 6.42 Å². The molecule has 0 radical (unpaired) electrons. The molecule has 2 N–H and O–H groups in total. The molecule has 1 aromatic carbocycles. The highest BCUT2D eigenvalue weighted by atomic mass is 14.6. The molecule has 88 valence electrons. The van der Waals surface area contributed by atoms with E-state index in [1.165, 1.54) is 42.4 Å². The number of hydrogen-bond acceptors (Lipinski definition) is 1. The highest BCUT2D eigenvalue weighted by Gasteiger charge is 2.16. The topological polar surface area (TPSA) is 26.0 Å². The molecule has 1 aliphatic carbocycles. The number of hydrogen-bond donors (Lipinski definition) is 1. The van der Waals surface area contributed by atoms with Crippen LogP contribution in [0.25, 0.3) is 0 Å². The predicted octanol–water partition coefficient (Wildman–Crippen LogP) is 3.93. The highest BCUT2D eigenvalue weighted by molar-refractivity contribution is 5.36. The van der Waals surface area contributed by atoms with E-state index in [0.717, 1.165) is 6.42 Å². The lowest BCUT2D eigenvalue weighted by molar-refractivity contribution is 0.614. The predicted molar refractivity (Wildman–Crippen MR) is 69.6 cm³/mol. The van der Waals surface area contributed by atoms with Gasteiger partial charge in [-0.3, -0.25) is 0 Å². The van der Waals surface area contributed by atoms with Gasteiger partial charge in [0.2, 0.25) is 0 Å². The fraction of sp³-hybridized carbons (Fsp3) is 0.600. The van der Waals surface area contributed by atoms with Crippen molar-refractivity contribution in [2.75, 3.05) is 0 Å². The average molecular weight is 217 g/mol. The normalized spacial score (nSPS) is 22.3. The Hall–Kier alpha value is -0.820. The van der Waals surface area contributed by atoms with Crippen LogP contribution in [-0.4, -0.2) is 0 Å². The molecule has 1 aromatic rings. The Morgan fingerprint density at radius 1 is 1.38 bits per heavy atom. The fourth-order valence-corrected chi connectivity index (χ4v) is 2.56. The van der Waals surface area contributed by atoms with Gasteiger partial charge in [0.15, 0.2) is 0 Å². The zero-order chi connectivity index (χ0) is 11.5. The van der Waals surface area contributed by atoms with Gasteiger partial charge in [0.05, 0.1) is 0 Å². The van der Waals surface area contributed by atoms with Gasteiger partial charge < -0.3 is 5.73 Å². The van der Waals surface area contributed by atoms with E-state index in [9.17, 15) is 0 Å². The van der Waals surface area contributed by atoms with Gasteiger partial charge in [-0.25, -0.2) is 0 Å². The van der Waals surface area contributed by atoms with Gasteiger partial charge in [0.1, 0.15) is 0 Å². The first-order chi connectivity index (χ1) is 7.72. The van der Waals surface area contributed by atoms with Crippen molar-refractivity contribution in [2.45, 2.75) is 57.9 Å². The fourth-order valence-electron chi connectivity index (χ4n) is 2.56. The molecular formula is C15H23N. The van der Waals surface area contributed by atoms with E-state index < -0.39 is 0 Å². The van der Waals surface area contributed by atoms with Crippen LogP contribution in [0.15, 0.2) is 18.2 Å². The largest absolute Gasteiger partial charge is 0.324 e. The maximum absolute atomic E-state index is 6.26. The van der Waals surface area contributed by atoms with Gasteiger partial charge in [-0.1, -0.05) is 38.5 Å². The van der Waals surface area contributed by atoms with E-state index in [0.29, 0.717) is 5.92 Å². The van der Waals surface area contributed by atoms with Crippen molar-refractivity contribution in [3.63, 3.8) is 0 Å². The van der Waals surface area contributed by atoms with Crippen LogP contribution in [0.1, 0.15) is 68.2 Å². The summed E-state index contributed by atoms with van der Waals surface area (Å²) in [6, 6.07) is 7.23. The summed E-state index contributed by atoms with van der Waals surface area (Å²) in [5.41, 5.74) is 10.6. The lowest BCUT2D eigenvalue weighted by Gasteiger charge is -2.17. The van der Waals surface area contributed by atoms with Crippen molar-refractivity contribution in [1.82, 2.24) is 0 Å². The first-order valence-corrected chi connectivity index (χ1v) is 6.60. The van der Waals surface area contributed by atoms with Gasteiger partial charge in [0, 0.05) is 6.04 Å². The monoisotopic (exact) mass is 217 g/mol. The van der Waals surface area contributed by atoms with E-state index in [2.05, 4.69) is 32.0 Å². The minimum Gasteiger partial charge on any atom is -0.324 e. The third kappa shape index (κ3) is 2.30. The molecule has 0 amide bonds. The van der Waals surface area contributed by atoms with Crippen molar-refractivity contribution < 1.29 is 0 Å². The van der Waals surface area contributed by atoms with Crippen LogP contribution in [0.3, 0.4) is 0 Å². The summed E-state index contributed by atoms with van der Waals surface area (Å²) >= 11 is 0. The molecule has 1 nitrogen and oxygen atoms in total. The summed E-state index contributed by atoms with van der Waals surface area (Å²) in [5.74, 6) is 0.653. The lowest BCUT2D eigenvalue weighted by atomic mass is 9.91. The Labute approximate surface area is 99.0 Å². The summed E-state index contributed by atoms with van der Waals surface area (Å²) in [6.07, 6.45) is 6.13. The van der Waals surface area contributed by atoms with Crippen LogP contribution in [0.4, 0.5) is 0 Å². The van der Waals surface area contributed by atoms with E-state index in [-0.39, 0.29) is 6.04 Å². The Morgan fingerprint density at radius 2 is 2.19 bits per heavy atom. The minimum absolute atomic E-state index is 0.265. The molecule has 0 saturated carbocycles. The molecular weight excluding hydrogens is 194 g/mol. The summed E-state index contributed by atoms with van der Waals surface area (Å²) in [5, 5.41) is 0. The molecule has 0 spiro atoms. The second kappa shape index (κ2) is 5.01. The number of nitrogens with two attached hydrogens (primary N) is 1. The van der Waals surface area contributed by atoms with E-state index in [1.807, 2.05) is 0 Å². The smallest absolute Gasteiger partial charge is 0.0297 e. The third-order valence-corrected chi connectivity index (χ3v) is 3.96. The molecule has 0 saturated heterocycles. The highest BCUT2D eigenvalue weighted by Crippen LogP contribution is 2.30. The summed E-state index contributed by atoms with van der Waals surface area (Å²) in [6.45, 7) is 4.54. The van der Waals surface area contributed by atoms with Gasteiger partial charge in [-0.15, -0.1) is 0 Å². The Morgan fingerprint density at radius 3 is 2.94 bits per heavy atom. The van der Waals surface area contributed by atoms with Crippen LogP contribution in [0, 0.1) is 0 Å². The Kier molecular flexibility index (Phi) is 3.65. The first-order valence-electron chi connectivity index (χ1n) is 6.60. The van der Waals surface area contributed by atoms with Gasteiger partial charge >= 0.3 is 0 Å². The van der Waals surface area contributed by atoms with Gasteiger partial charge in [-0.05, 0) is 48.3 Å². The molecule has 0 heterocycles. The molecule has 2 atom stereocenters. The maximum Gasteiger partial charge on any atom is 0.0297 e. The molecule has 1 unspecified atom stereocenters. The molecule has 1 heteroatoms. The Balaban J connectivity index is 2.35. The average Bonchev–Trinajstić information content (AvgIpc) is 2.50. The molecule has 0 bridgehead atoms. The van der Waals surface area contributed by atoms with Gasteiger partial charge in [-0.2, -0.15) is 0 Å². The molecule has 0 aliphatic heterocycles.